The fourth-order valence-electron chi connectivity index (χ4n) is 1.28. The molecule has 0 aromatic carbocycles. The first kappa shape index (κ1) is 11.9. The first-order valence-electron chi connectivity index (χ1n) is 4.68. The Morgan fingerprint density at radius 3 is 2.33 bits per heavy atom. The van der Waals surface area contributed by atoms with Crippen molar-refractivity contribution < 1.29 is 5.11 Å². The lowest BCUT2D eigenvalue weighted by Gasteiger charge is -2.27. The third-order valence-electron chi connectivity index (χ3n) is 2.02. The highest BCUT2D eigenvalue weighted by Gasteiger charge is 2.11. The number of rotatable bonds is 6. The summed E-state index contributed by atoms with van der Waals surface area (Å²) in [6, 6.07) is 0.515. The van der Waals surface area contributed by atoms with Crippen molar-refractivity contribution in [2.24, 2.45) is 0 Å². The van der Waals surface area contributed by atoms with Crippen LogP contribution in [-0.4, -0.2) is 48.8 Å². The molecular weight excluding hydrogens is 152 g/mol. The Bertz CT molecular complexity index is 107. The number of hydrogen-bond acceptors (Lipinski definition) is 3. The third kappa shape index (κ3) is 4.70. The number of nitrogens with zero attached hydrogens (tertiary/aromatic N) is 1. The summed E-state index contributed by atoms with van der Waals surface area (Å²) in [6.45, 7) is 8.84. The molecule has 0 aliphatic rings. The van der Waals surface area contributed by atoms with E-state index in [9.17, 15) is 5.11 Å². The van der Waals surface area contributed by atoms with Gasteiger partial charge in [0, 0.05) is 19.1 Å². The number of nitrogens with one attached hydrogen (secondary N) is 1. The molecule has 3 heteroatoms. The van der Waals surface area contributed by atoms with Gasteiger partial charge in [0.2, 0.25) is 0 Å². The van der Waals surface area contributed by atoms with Crippen LogP contribution in [0.3, 0.4) is 0 Å². The third-order valence-corrected chi connectivity index (χ3v) is 2.02. The zero-order chi connectivity index (χ0) is 9.56. The SMILES string of the molecule is CCN(CC(O)CNC)C(C)C. The first-order chi connectivity index (χ1) is 5.61. The second kappa shape index (κ2) is 6.40. The van der Waals surface area contributed by atoms with Crippen LogP contribution in [0.25, 0.3) is 0 Å². The Balaban J connectivity index is 3.69. The lowest BCUT2D eigenvalue weighted by atomic mass is 10.2. The molecular formula is C9H22N2O. The highest BCUT2D eigenvalue weighted by molar-refractivity contribution is 4.67. The van der Waals surface area contributed by atoms with E-state index in [2.05, 4.69) is 31.0 Å². The fraction of sp³-hybridized carbons (Fsp3) is 1.00. The summed E-state index contributed by atoms with van der Waals surface area (Å²) in [6.07, 6.45) is -0.252. The van der Waals surface area contributed by atoms with E-state index in [0.717, 1.165) is 13.1 Å². The van der Waals surface area contributed by atoms with E-state index in [1.807, 2.05) is 7.05 Å². The lowest BCUT2D eigenvalue weighted by molar-refractivity contribution is 0.0995. The van der Waals surface area contributed by atoms with Gasteiger partial charge in [0.1, 0.15) is 0 Å². The summed E-state index contributed by atoms with van der Waals surface area (Å²) in [5.41, 5.74) is 0. The van der Waals surface area contributed by atoms with Gasteiger partial charge in [-0.15, -0.1) is 0 Å². The average Bonchev–Trinajstić information content (AvgIpc) is 2.00. The second-order valence-electron chi connectivity index (χ2n) is 3.39. The van der Waals surface area contributed by atoms with E-state index >= 15 is 0 Å². The fourth-order valence-corrected chi connectivity index (χ4v) is 1.28. The second-order valence-corrected chi connectivity index (χ2v) is 3.39. The highest BCUT2D eigenvalue weighted by atomic mass is 16.3. The predicted octanol–water partition coefficient (Wildman–Crippen LogP) is 0.297. The molecule has 0 radical (unpaired) electrons. The number of hydrogen-bond donors (Lipinski definition) is 2. The topological polar surface area (TPSA) is 35.5 Å². The van der Waals surface area contributed by atoms with Crippen molar-refractivity contribution in [1.82, 2.24) is 10.2 Å². The van der Waals surface area contributed by atoms with E-state index in [4.69, 9.17) is 0 Å². The predicted molar refractivity (Wildman–Crippen MR) is 52.3 cm³/mol. The molecule has 0 aliphatic heterocycles. The summed E-state index contributed by atoms with van der Waals surface area (Å²) < 4.78 is 0. The van der Waals surface area contributed by atoms with Gasteiger partial charge in [-0.1, -0.05) is 6.92 Å². The van der Waals surface area contributed by atoms with E-state index in [1.165, 1.54) is 0 Å². The Kier molecular flexibility index (Phi) is 6.34. The Morgan fingerprint density at radius 2 is 2.00 bits per heavy atom. The first-order valence-corrected chi connectivity index (χ1v) is 4.68. The molecule has 0 saturated heterocycles. The molecule has 0 aromatic rings. The van der Waals surface area contributed by atoms with Crippen LogP contribution in [0.15, 0.2) is 0 Å². The van der Waals surface area contributed by atoms with Crippen molar-refractivity contribution in [3.63, 3.8) is 0 Å². The maximum absolute atomic E-state index is 9.50. The normalized spacial score (nSPS) is 14.2. The minimum absolute atomic E-state index is 0.252. The van der Waals surface area contributed by atoms with Gasteiger partial charge in [-0.3, -0.25) is 4.90 Å². The summed E-state index contributed by atoms with van der Waals surface area (Å²) >= 11 is 0. The van der Waals surface area contributed by atoms with Crippen LogP contribution in [-0.2, 0) is 0 Å². The molecule has 0 heterocycles. The minimum Gasteiger partial charge on any atom is -0.390 e. The molecule has 1 unspecified atom stereocenters. The smallest absolute Gasteiger partial charge is 0.0791 e. The van der Waals surface area contributed by atoms with Crippen LogP contribution in [0.5, 0.6) is 0 Å². The van der Waals surface area contributed by atoms with Crippen molar-refractivity contribution in [1.29, 1.82) is 0 Å². The molecule has 0 saturated carbocycles. The molecule has 0 bridgehead atoms. The maximum Gasteiger partial charge on any atom is 0.0791 e. The Morgan fingerprint density at radius 1 is 1.42 bits per heavy atom. The van der Waals surface area contributed by atoms with Crippen LogP contribution in [0, 0.1) is 0 Å². The zero-order valence-electron chi connectivity index (χ0n) is 8.67. The van der Waals surface area contributed by atoms with E-state index < -0.39 is 0 Å². The van der Waals surface area contributed by atoms with E-state index in [1.54, 1.807) is 0 Å². The standard InChI is InChI=1S/C9H22N2O/c1-5-11(8(2)3)7-9(12)6-10-4/h8-10,12H,5-7H2,1-4H3. The zero-order valence-corrected chi connectivity index (χ0v) is 8.67. The molecule has 12 heavy (non-hydrogen) atoms. The van der Waals surface area contributed by atoms with Gasteiger partial charge in [0.25, 0.3) is 0 Å². The molecule has 74 valence electrons. The molecule has 0 fully saturated rings. The summed E-state index contributed by atoms with van der Waals surface area (Å²) in [7, 11) is 1.86. The molecule has 2 N–H and O–H groups in total. The molecule has 1 atom stereocenters. The molecule has 0 spiro atoms. The largest absolute Gasteiger partial charge is 0.390 e. The van der Waals surface area contributed by atoms with Gasteiger partial charge in [0.15, 0.2) is 0 Å². The molecule has 3 nitrogen and oxygen atoms in total. The molecule has 0 aliphatic carbocycles. The van der Waals surface area contributed by atoms with Crippen LogP contribution < -0.4 is 5.32 Å². The maximum atomic E-state index is 9.50. The number of aliphatic hydroxyl groups is 1. The molecule has 0 aromatic heterocycles. The van der Waals surface area contributed by atoms with Crippen LogP contribution >= 0.6 is 0 Å². The average molecular weight is 174 g/mol. The van der Waals surface area contributed by atoms with Crippen molar-refractivity contribution >= 4 is 0 Å². The lowest BCUT2D eigenvalue weighted by Crippen LogP contribution is -2.40. The summed E-state index contributed by atoms with van der Waals surface area (Å²) in [5.74, 6) is 0. The Labute approximate surface area is 75.8 Å². The monoisotopic (exact) mass is 174 g/mol. The van der Waals surface area contributed by atoms with Crippen molar-refractivity contribution in [3.8, 4) is 0 Å². The Hall–Kier alpha value is -0.120. The quantitative estimate of drug-likeness (QED) is 0.608. The summed E-state index contributed by atoms with van der Waals surface area (Å²) in [4.78, 5) is 2.25. The van der Waals surface area contributed by atoms with Gasteiger partial charge in [-0.25, -0.2) is 0 Å². The minimum atomic E-state index is -0.252. The van der Waals surface area contributed by atoms with Gasteiger partial charge in [-0.2, -0.15) is 0 Å². The molecule has 0 amide bonds. The number of aliphatic hydroxyl groups excluding tert-OH is 1. The van der Waals surface area contributed by atoms with Crippen LogP contribution in [0.4, 0.5) is 0 Å². The van der Waals surface area contributed by atoms with Crippen molar-refractivity contribution in [2.45, 2.75) is 32.9 Å². The van der Waals surface area contributed by atoms with Crippen LogP contribution in [0.2, 0.25) is 0 Å². The van der Waals surface area contributed by atoms with Crippen molar-refractivity contribution in [3.05, 3.63) is 0 Å². The van der Waals surface area contributed by atoms with E-state index in [0.29, 0.717) is 12.6 Å². The van der Waals surface area contributed by atoms with Crippen LogP contribution in [0.1, 0.15) is 20.8 Å². The molecule has 0 rings (SSSR count). The van der Waals surface area contributed by atoms with Gasteiger partial charge < -0.3 is 10.4 Å². The van der Waals surface area contributed by atoms with Crippen molar-refractivity contribution in [2.75, 3.05) is 26.7 Å². The highest BCUT2D eigenvalue weighted by Crippen LogP contribution is 1.98. The van der Waals surface area contributed by atoms with Gasteiger partial charge in [-0.05, 0) is 27.4 Å². The van der Waals surface area contributed by atoms with Gasteiger partial charge in [0.05, 0.1) is 6.10 Å². The number of likely N-dealkylation sites (N-methyl/N-ethyl adjacent to an activating group) is 2. The van der Waals surface area contributed by atoms with E-state index in [-0.39, 0.29) is 6.10 Å². The van der Waals surface area contributed by atoms with Gasteiger partial charge >= 0.3 is 0 Å². The summed E-state index contributed by atoms with van der Waals surface area (Å²) in [5, 5.41) is 12.5.